The van der Waals surface area contributed by atoms with Gasteiger partial charge in [0, 0.05) is 19.6 Å². The SMILES string of the molecule is CCCCC/C=C\C/C=C\C/C=C\CCCCCCCCC(=O)OC(COCCCCCCCCCCCCCCC)COP(=O)(O)OCCN. The first-order chi connectivity index (χ1) is 24.9. The lowest BCUT2D eigenvalue weighted by molar-refractivity contribution is -0.154. The van der Waals surface area contributed by atoms with E-state index in [-0.39, 0.29) is 32.3 Å². The van der Waals surface area contributed by atoms with Crippen LogP contribution in [-0.2, 0) is 27.9 Å². The van der Waals surface area contributed by atoms with Gasteiger partial charge >= 0.3 is 13.8 Å². The summed E-state index contributed by atoms with van der Waals surface area (Å²) in [6.07, 6.45) is 44.4. The van der Waals surface area contributed by atoms with Crippen molar-refractivity contribution in [1.82, 2.24) is 0 Å². The first-order valence-electron chi connectivity index (χ1n) is 21.0. The van der Waals surface area contributed by atoms with E-state index in [1.165, 1.54) is 109 Å². The minimum Gasteiger partial charge on any atom is -0.457 e. The lowest BCUT2D eigenvalue weighted by atomic mass is 10.0. The van der Waals surface area contributed by atoms with Crippen molar-refractivity contribution in [2.45, 2.75) is 193 Å². The van der Waals surface area contributed by atoms with E-state index in [0.29, 0.717) is 13.0 Å². The van der Waals surface area contributed by atoms with Gasteiger partial charge in [-0.2, -0.15) is 0 Å². The van der Waals surface area contributed by atoms with Crippen LogP contribution in [0.1, 0.15) is 187 Å². The number of phosphoric acid groups is 1. The largest absolute Gasteiger partial charge is 0.472 e. The Labute approximate surface area is 314 Å². The molecule has 9 heteroatoms. The number of phosphoric ester groups is 1. The third-order valence-electron chi connectivity index (χ3n) is 8.81. The first-order valence-corrected chi connectivity index (χ1v) is 22.5. The van der Waals surface area contributed by atoms with Crippen LogP contribution in [0.5, 0.6) is 0 Å². The first kappa shape index (κ1) is 49.7. The van der Waals surface area contributed by atoms with Gasteiger partial charge in [-0.15, -0.1) is 0 Å². The molecular formula is C42H80NO7P. The molecule has 0 bridgehead atoms. The Balaban J connectivity index is 4.06. The second kappa shape index (κ2) is 39.9. The fraction of sp³-hybridized carbons (Fsp3) is 0.833. The molecule has 0 radical (unpaired) electrons. The minimum absolute atomic E-state index is 0.0976. The number of nitrogens with two attached hydrogens (primary N) is 1. The fourth-order valence-corrected chi connectivity index (χ4v) is 6.47. The average molecular weight is 742 g/mol. The molecule has 3 N–H and O–H groups in total. The minimum atomic E-state index is -4.27. The highest BCUT2D eigenvalue weighted by molar-refractivity contribution is 7.47. The molecule has 0 spiro atoms. The molecule has 0 aliphatic heterocycles. The average Bonchev–Trinajstić information content (AvgIpc) is 3.12. The number of ether oxygens (including phenoxy) is 2. The zero-order valence-corrected chi connectivity index (χ0v) is 34.0. The summed E-state index contributed by atoms with van der Waals surface area (Å²) < 4.78 is 33.4. The maximum atomic E-state index is 12.6. The molecule has 0 aliphatic carbocycles. The van der Waals surface area contributed by atoms with Crippen LogP contribution in [-0.4, -0.2) is 49.9 Å². The highest BCUT2D eigenvalue weighted by Crippen LogP contribution is 2.43. The Kier molecular flexibility index (Phi) is 38.9. The predicted octanol–water partition coefficient (Wildman–Crippen LogP) is 12.2. The van der Waals surface area contributed by atoms with Gasteiger partial charge in [-0.25, -0.2) is 4.57 Å². The van der Waals surface area contributed by atoms with Gasteiger partial charge in [0.15, 0.2) is 0 Å². The number of rotatable bonds is 40. The molecule has 51 heavy (non-hydrogen) atoms. The standard InChI is InChI=1S/C42H80NO7P/c1-3-5-7-9-11-13-15-17-18-19-20-21-22-23-25-27-29-31-33-35-42(44)50-41(40-49-51(45,46)48-38-36-43)39-47-37-34-32-30-28-26-24-16-14-12-10-8-6-4-2/h11,13,17-18,20-21,41H,3-10,12,14-16,19,22-40,43H2,1-2H3,(H,45,46)/b13-11-,18-17-,21-20-. The summed E-state index contributed by atoms with van der Waals surface area (Å²) in [6.45, 7) is 4.89. The van der Waals surface area contributed by atoms with Gasteiger partial charge in [0.05, 0.1) is 19.8 Å². The van der Waals surface area contributed by atoms with Crippen molar-refractivity contribution >= 4 is 13.8 Å². The van der Waals surface area contributed by atoms with Crippen LogP contribution in [0.3, 0.4) is 0 Å². The molecule has 2 unspecified atom stereocenters. The quantitative estimate of drug-likeness (QED) is 0.0276. The molecule has 0 aliphatic rings. The van der Waals surface area contributed by atoms with Crippen molar-refractivity contribution in [3.8, 4) is 0 Å². The third kappa shape index (κ3) is 39.8. The van der Waals surface area contributed by atoms with Crippen LogP contribution in [0.25, 0.3) is 0 Å². The van der Waals surface area contributed by atoms with E-state index in [4.69, 9.17) is 24.3 Å². The fourth-order valence-electron chi connectivity index (χ4n) is 5.71. The summed E-state index contributed by atoms with van der Waals surface area (Å²) in [6, 6.07) is 0. The Hall–Kier alpha value is -1.28. The number of carbonyl (C=O) groups excluding carboxylic acids is 1. The van der Waals surface area contributed by atoms with Crippen LogP contribution in [0, 0.1) is 0 Å². The smallest absolute Gasteiger partial charge is 0.457 e. The lowest BCUT2D eigenvalue weighted by Gasteiger charge is -2.20. The predicted molar refractivity (Wildman–Crippen MR) is 215 cm³/mol. The van der Waals surface area contributed by atoms with Crippen molar-refractivity contribution in [2.24, 2.45) is 5.73 Å². The second-order valence-electron chi connectivity index (χ2n) is 13.9. The molecule has 0 saturated heterocycles. The molecule has 0 heterocycles. The van der Waals surface area contributed by atoms with E-state index < -0.39 is 13.9 Å². The number of hydrogen-bond acceptors (Lipinski definition) is 7. The summed E-state index contributed by atoms with van der Waals surface area (Å²) in [5, 5.41) is 0. The summed E-state index contributed by atoms with van der Waals surface area (Å²) >= 11 is 0. The zero-order valence-electron chi connectivity index (χ0n) is 33.1. The van der Waals surface area contributed by atoms with Gasteiger partial charge in [-0.3, -0.25) is 13.8 Å². The van der Waals surface area contributed by atoms with E-state index >= 15 is 0 Å². The van der Waals surface area contributed by atoms with Crippen LogP contribution in [0.2, 0.25) is 0 Å². The monoisotopic (exact) mass is 742 g/mol. The van der Waals surface area contributed by atoms with E-state index in [9.17, 15) is 14.3 Å². The van der Waals surface area contributed by atoms with Crippen molar-refractivity contribution in [3.63, 3.8) is 0 Å². The molecule has 0 rings (SSSR count). The number of carbonyl (C=O) groups is 1. The molecule has 8 nitrogen and oxygen atoms in total. The van der Waals surface area contributed by atoms with Gasteiger partial charge < -0.3 is 20.1 Å². The topological polar surface area (TPSA) is 117 Å². The molecule has 0 fully saturated rings. The van der Waals surface area contributed by atoms with Crippen LogP contribution >= 0.6 is 7.82 Å². The molecule has 0 aromatic carbocycles. The summed E-state index contributed by atoms with van der Waals surface area (Å²) in [4.78, 5) is 22.4. The normalized spacial score (nSPS) is 13.9. The van der Waals surface area contributed by atoms with Crippen LogP contribution in [0.4, 0.5) is 0 Å². The van der Waals surface area contributed by atoms with Crippen molar-refractivity contribution in [2.75, 3.05) is 33.0 Å². The number of hydrogen-bond donors (Lipinski definition) is 2. The van der Waals surface area contributed by atoms with E-state index in [2.05, 4.69) is 50.3 Å². The molecule has 0 amide bonds. The van der Waals surface area contributed by atoms with Crippen LogP contribution in [0.15, 0.2) is 36.5 Å². The number of esters is 1. The molecule has 0 saturated carbocycles. The number of unbranched alkanes of at least 4 members (excludes halogenated alkanes) is 21. The highest BCUT2D eigenvalue weighted by atomic mass is 31.2. The van der Waals surface area contributed by atoms with Crippen molar-refractivity contribution in [1.29, 1.82) is 0 Å². The maximum Gasteiger partial charge on any atom is 0.472 e. The molecule has 2 atom stereocenters. The maximum absolute atomic E-state index is 12.6. The lowest BCUT2D eigenvalue weighted by Crippen LogP contribution is -2.28. The molecule has 0 aromatic heterocycles. The molecule has 300 valence electrons. The Morgan fingerprint density at radius 1 is 0.588 bits per heavy atom. The van der Waals surface area contributed by atoms with Gasteiger partial charge in [0.2, 0.25) is 0 Å². The Morgan fingerprint density at radius 3 is 1.59 bits per heavy atom. The Bertz CT molecular complexity index is 879. The van der Waals surface area contributed by atoms with E-state index in [0.717, 1.165) is 57.8 Å². The summed E-state index contributed by atoms with van der Waals surface area (Å²) in [5.41, 5.74) is 5.36. The van der Waals surface area contributed by atoms with Crippen molar-refractivity contribution in [3.05, 3.63) is 36.5 Å². The second-order valence-corrected chi connectivity index (χ2v) is 15.3. The van der Waals surface area contributed by atoms with Gasteiger partial charge in [-0.05, 0) is 51.4 Å². The number of allylic oxidation sites excluding steroid dienone is 6. The van der Waals surface area contributed by atoms with Gasteiger partial charge in [-0.1, -0.05) is 166 Å². The van der Waals surface area contributed by atoms with Gasteiger partial charge in [0.25, 0.3) is 0 Å². The molecule has 0 aromatic rings. The summed E-state index contributed by atoms with van der Waals surface area (Å²) in [7, 11) is -4.27. The van der Waals surface area contributed by atoms with E-state index in [1.54, 1.807) is 0 Å². The zero-order chi connectivity index (χ0) is 37.4. The summed E-state index contributed by atoms with van der Waals surface area (Å²) in [5.74, 6) is -0.342. The van der Waals surface area contributed by atoms with E-state index in [1.807, 2.05) is 0 Å². The third-order valence-corrected chi connectivity index (χ3v) is 9.79. The van der Waals surface area contributed by atoms with Gasteiger partial charge in [0.1, 0.15) is 6.10 Å². The van der Waals surface area contributed by atoms with Crippen LogP contribution < -0.4 is 5.73 Å². The highest BCUT2D eigenvalue weighted by Gasteiger charge is 2.25. The Morgan fingerprint density at radius 2 is 1.04 bits per heavy atom. The van der Waals surface area contributed by atoms with Crippen molar-refractivity contribution < 1.29 is 32.8 Å². The molecular weight excluding hydrogens is 661 g/mol.